The first-order chi connectivity index (χ1) is 7.08. The first kappa shape index (κ1) is 9.92. The van der Waals surface area contributed by atoms with Gasteiger partial charge in [0.1, 0.15) is 5.58 Å². The molecule has 0 amide bonds. The third-order valence-electron chi connectivity index (χ3n) is 2.22. The minimum absolute atomic E-state index is 0.370. The van der Waals surface area contributed by atoms with Crippen molar-refractivity contribution in [2.24, 2.45) is 0 Å². The molecule has 1 aromatic heterocycles. The van der Waals surface area contributed by atoms with Crippen molar-refractivity contribution in [1.29, 1.82) is 0 Å². The summed E-state index contributed by atoms with van der Waals surface area (Å²) in [6, 6.07) is 4.97. The molecule has 2 aromatic rings. The normalized spacial score (nSPS) is 12.9. The van der Waals surface area contributed by atoms with Gasteiger partial charge in [-0.15, -0.1) is 0 Å². The number of hydrogen-bond donors (Lipinski definition) is 1. The maximum absolute atomic E-state index is 10.9. The van der Waals surface area contributed by atoms with E-state index in [9.17, 15) is 9.59 Å². The lowest BCUT2D eigenvalue weighted by molar-refractivity contribution is -0.138. The monoisotopic (exact) mass is 224 g/mol. The van der Waals surface area contributed by atoms with Crippen LogP contribution in [-0.4, -0.2) is 11.1 Å². The minimum Gasteiger partial charge on any atom is -0.481 e. The van der Waals surface area contributed by atoms with Gasteiger partial charge in [-0.1, -0.05) is 17.4 Å². The number of carboxylic acids is 1. The van der Waals surface area contributed by atoms with Crippen LogP contribution in [0.25, 0.3) is 10.3 Å². The summed E-state index contributed by atoms with van der Waals surface area (Å²) in [5.41, 5.74) is 1.18. The van der Waals surface area contributed by atoms with Crippen LogP contribution in [-0.2, 0) is 4.79 Å². The standard InChI is InChI=1S/C10H8O4S/c1-5(9(11)12)6-2-3-7-8(4-6)15-10(13)14-7/h2-5H,1H3,(H,11,12). The summed E-state index contributed by atoms with van der Waals surface area (Å²) in [6.45, 7) is 1.60. The second kappa shape index (κ2) is 3.51. The Kier molecular flexibility index (Phi) is 2.32. The number of carbonyl (C=O) groups is 1. The smallest absolute Gasteiger partial charge is 0.396 e. The maximum atomic E-state index is 10.9. The van der Waals surface area contributed by atoms with E-state index in [1.54, 1.807) is 25.1 Å². The second-order valence-electron chi connectivity index (χ2n) is 3.22. The molecule has 0 aliphatic carbocycles. The fourth-order valence-corrected chi connectivity index (χ4v) is 2.02. The Morgan fingerprint density at radius 3 is 2.93 bits per heavy atom. The van der Waals surface area contributed by atoms with Gasteiger partial charge in [0.05, 0.1) is 10.6 Å². The molecule has 0 radical (unpaired) electrons. The lowest BCUT2D eigenvalue weighted by Gasteiger charge is -2.04. The topological polar surface area (TPSA) is 67.5 Å². The summed E-state index contributed by atoms with van der Waals surface area (Å²) in [4.78, 5) is 21.3. The SMILES string of the molecule is CC(C(=O)O)c1ccc2oc(=O)sc2c1. The van der Waals surface area contributed by atoms with Crippen molar-refractivity contribution in [3.63, 3.8) is 0 Å². The number of rotatable bonds is 2. The first-order valence-electron chi connectivity index (χ1n) is 4.34. The Balaban J connectivity index is 2.55. The zero-order valence-corrected chi connectivity index (χ0v) is 8.71. The molecule has 1 atom stereocenters. The van der Waals surface area contributed by atoms with E-state index in [0.29, 0.717) is 15.8 Å². The summed E-state index contributed by atoms with van der Waals surface area (Å²) in [5, 5.41) is 8.83. The van der Waals surface area contributed by atoms with Crippen LogP contribution in [0.4, 0.5) is 0 Å². The average Bonchev–Trinajstić information content (AvgIpc) is 2.55. The fourth-order valence-electron chi connectivity index (χ4n) is 1.30. The molecule has 4 nitrogen and oxygen atoms in total. The Labute approximate surface area is 88.8 Å². The van der Waals surface area contributed by atoms with E-state index >= 15 is 0 Å². The van der Waals surface area contributed by atoms with Crippen molar-refractivity contribution in [3.8, 4) is 0 Å². The molecule has 0 spiro atoms. The van der Waals surface area contributed by atoms with E-state index in [1.807, 2.05) is 0 Å². The fraction of sp³-hybridized carbons (Fsp3) is 0.200. The quantitative estimate of drug-likeness (QED) is 0.847. The zero-order chi connectivity index (χ0) is 11.0. The summed E-state index contributed by atoms with van der Waals surface area (Å²) in [7, 11) is 0. The summed E-state index contributed by atoms with van der Waals surface area (Å²) in [6.07, 6.45) is 0. The zero-order valence-electron chi connectivity index (χ0n) is 7.89. The molecule has 0 fully saturated rings. The van der Waals surface area contributed by atoms with Crippen LogP contribution < -0.4 is 4.94 Å². The van der Waals surface area contributed by atoms with Crippen molar-refractivity contribution in [2.45, 2.75) is 12.8 Å². The van der Waals surface area contributed by atoms with Gasteiger partial charge in [-0.2, -0.15) is 0 Å². The average molecular weight is 224 g/mol. The molecule has 0 saturated heterocycles. The summed E-state index contributed by atoms with van der Waals surface area (Å²) in [5.74, 6) is -1.46. The Morgan fingerprint density at radius 1 is 1.53 bits per heavy atom. The van der Waals surface area contributed by atoms with E-state index in [4.69, 9.17) is 9.52 Å². The third-order valence-corrected chi connectivity index (χ3v) is 3.01. The molecule has 5 heteroatoms. The molecule has 0 aliphatic heterocycles. The molecule has 1 heterocycles. The largest absolute Gasteiger partial charge is 0.481 e. The predicted molar refractivity (Wildman–Crippen MR) is 56.4 cm³/mol. The van der Waals surface area contributed by atoms with Crippen LogP contribution in [0.1, 0.15) is 18.4 Å². The van der Waals surface area contributed by atoms with E-state index < -0.39 is 11.9 Å². The van der Waals surface area contributed by atoms with Gasteiger partial charge in [0.25, 0.3) is 0 Å². The van der Waals surface area contributed by atoms with Crippen LogP contribution in [0.15, 0.2) is 27.4 Å². The van der Waals surface area contributed by atoms with Crippen LogP contribution in [0.3, 0.4) is 0 Å². The van der Waals surface area contributed by atoms with E-state index in [-0.39, 0.29) is 4.94 Å². The van der Waals surface area contributed by atoms with Gasteiger partial charge in [0.15, 0.2) is 0 Å². The molecule has 0 saturated carbocycles. The molecule has 1 N–H and O–H groups in total. The van der Waals surface area contributed by atoms with Gasteiger partial charge in [0.2, 0.25) is 0 Å². The van der Waals surface area contributed by atoms with E-state index in [1.165, 1.54) is 0 Å². The maximum Gasteiger partial charge on any atom is 0.396 e. The van der Waals surface area contributed by atoms with Crippen LogP contribution in [0.2, 0.25) is 0 Å². The van der Waals surface area contributed by atoms with Crippen LogP contribution in [0, 0.1) is 0 Å². The van der Waals surface area contributed by atoms with Crippen molar-refractivity contribution >= 4 is 27.6 Å². The Bertz CT molecular complexity index is 566. The number of fused-ring (bicyclic) bond motifs is 1. The number of carboxylic acid groups (broad SMARTS) is 1. The molecule has 15 heavy (non-hydrogen) atoms. The van der Waals surface area contributed by atoms with Gasteiger partial charge in [0, 0.05) is 0 Å². The highest BCUT2D eigenvalue weighted by molar-refractivity contribution is 7.16. The number of aliphatic carboxylic acids is 1. The number of benzene rings is 1. The molecule has 78 valence electrons. The molecular formula is C10H8O4S. The highest BCUT2D eigenvalue weighted by atomic mass is 32.1. The van der Waals surface area contributed by atoms with E-state index in [0.717, 1.165) is 11.3 Å². The lowest BCUT2D eigenvalue weighted by atomic mass is 10.0. The molecule has 1 unspecified atom stereocenters. The van der Waals surface area contributed by atoms with Gasteiger partial charge in [-0.05, 0) is 24.6 Å². The molecule has 0 aliphatic rings. The molecular weight excluding hydrogens is 216 g/mol. The van der Waals surface area contributed by atoms with Crippen molar-refractivity contribution in [1.82, 2.24) is 0 Å². The highest BCUT2D eigenvalue weighted by Crippen LogP contribution is 2.23. The predicted octanol–water partition coefficient (Wildman–Crippen LogP) is 2.04. The summed E-state index contributed by atoms with van der Waals surface area (Å²) >= 11 is 0.980. The lowest BCUT2D eigenvalue weighted by Crippen LogP contribution is -2.06. The third kappa shape index (κ3) is 1.78. The van der Waals surface area contributed by atoms with Gasteiger partial charge >= 0.3 is 10.9 Å². The molecule has 1 aromatic carbocycles. The molecule has 0 bridgehead atoms. The van der Waals surface area contributed by atoms with Crippen LogP contribution in [0.5, 0.6) is 0 Å². The van der Waals surface area contributed by atoms with Crippen LogP contribution >= 0.6 is 11.3 Å². The number of hydrogen-bond acceptors (Lipinski definition) is 4. The highest BCUT2D eigenvalue weighted by Gasteiger charge is 2.14. The van der Waals surface area contributed by atoms with Gasteiger partial charge < -0.3 is 9.52 Å². The Hall–Kier alpha value is -1.62. The van der Waals surface area contributed by atoms with Crippen molar-refractivity contribution in [2.75, 3.05) is 0 Å². The van der Waals surface area contributed by atoms with Gasteiger partial charge in [-0.25, -0.2) is 4.79 Å². The molecule has 2 rings (SSSR count). The Morgan fingerprint density at radius 2 is 2.27 bits per heavy atom. The minimum atomic E-state index is -0.884. The van der Waals surface area contributed by atoms with Gasteiger partial charge in [-0.3, -0.25) is 4.79 Å². The second-order valence-corrected chi connectivity index (χ2v) is 4.20. The first-order valence-corrected chi connectivity index (χ1v) is 5.16. The van der Waals surface area contributed by atoms with Crippen molar-refractivity contribution < 1.29 is 14.3 Å². The van der Waals surface area contributed by atoms with Crippen molar-refractivity contribution in [3.05, 3.63) is 33.5 Å². The summed E-state index contributed by atoms with van der Waals surface area (Å²) < 4.78 is 5.56. The van der Waals surface area contributed by atoms with E-state index in [2.05, 4.69) is 0 Å².